The summed E-state index contributed by atoms with van der Waals surface area (Å²) in [5, 5.41) is 5.93. The molecular formula is C18H11BrF8N3O3PS. The van der Waals surface area contributed by atoms with E-state index in [1.807, 2.05) is 0 Å². The summed E-state index contributed by atoms with van der Waals surface area (Å²) < 4.78 is 117. The molecule has 0 aliphatic carbocycles. The van der Waals surface area contributed by atoms with E-state index in [1.165, 1.54) is 6.07 Å². The van der Waals surface area contributed by atoms with E-state index in [-0.39, 0.29) is 27.3 Å². The van der Waals surface area contributed by atoms with Crippen molar-refractivity contribution in [2.45, 2.75) is 28.9 Å². The summed E-state index contributed by atoms with van der Waals surface area (Å²) in [6.45, 7) is 0. The average Bonchev–Trinajstić information content (AvgIpc) is 3.19. The molecule has 0 saturated carbocycles. The quantitative estimate of drug-likeness (QED) is 0.161. The van der Waals surface area contributed by atoms with Crippen LogP contribution in [0.2, 0.25) is 0 Å². The maximum absolute atomic E-state index is 13.9. The van der Waals surface area contributed by atoms with E-state index in [2.05, 4.69) is 31.1 Å². The number of nitrogens with one attached hydrogen (secondary N) is 1. The highest BCUT2D eigenvalue weighted by Gasteiger charge is 2.51. The molecule has 0 aliphatic heterocycles. The van der Waals surface area contributed by atoms with Gasteiger partial charge in [-0.1, -0.05) is 39.8 Å². The second kappa shape index (κ2) is 9.47. The van der Waals surface area contributed by atoms with Crippen molar-refractivity contribution >= 4 is 35.3 Å². The van der Waals surface area contributed by atoms with Gasteiger partial charge in [0.1, 0.15) is 0 Å². The molecule has 0 bridgehead atoms. The largest absolute Gasteiger partial charge is 0.416 e. The van der Waals surface area contributed by atoms with Gasteiger partial charge < -0.3 is 9.79 Å². The van der Waals surface area contributed by atoms with Gasteiger partial charge in [0, 0.05) is 21.4 Å². The molecule has 0 spiro atoms. The first-order valence-electron chi connectivity index (χ1n) is 8.97. The van der Waals surface area contributed by atoms with Crippen LogP contribution in [0.4, 0.5) is 35.1 Å². The van der Waals surface area contributed by atoms with Crippen LogP contribution in [0.1, 0.15) is 22.3 Å². The number of alkyl halides is 8. The van der Waals surface area contributed by atoms with Gasteiger partial charge in [-0.25, -0.2) is 4.98 Å². The Balaban J connectivity index is 1.82. The SMILES string of the molecule is O=P(O)(O)C(F)(F)c1ccc(CSc2n[nH]c(-c3cc(C(F)(F)F)cc(C(F)(F)F)c3)n2)cc1Br. The Bertz CT molecular complexity index is 1260. The lowest BCUT2D eigenvalue weighted by Crippen LogP contribution is -2.14. The normalized spacial score (nSPS) is 13.3. The van der Waals surface area contributed by atoms with E-state index in [1.54, 1.807) is 0 Å². The van der Waals surface area contributed by atoms with Gasteiger partial charge in [-0.05, 0) is 29.8 Å². The van der Waals surface area contributed by atoms with Gasteiger partial charge >= 0.3 is 25.6 Å². The maximum Gasteiger partial charge on any atom is 0.416 e. The molecule has 0 fully saturated rings. The fourth-order valence-corrected chi connectivity index (χ4v) is 4.81. The third-order valence-corrected chi connectivity index (χ3v) is 6.96. The zero-order valence-corrected chi connectivity index (χ0v) is 19.9. The molecule has 0 radical (unpaired) electrons. The Morgan fingerprint density at radius 1 is 0.943 bits per heavy atom. The van der Waals surface area contributed by atoms with Crippen LogP contribution < -0.4 is 0 Å². The van der Waals surface area contributed by atoms with Gasteiger partial charge in [0.25, 0.3) is 0 Å². The molecule has 6 nitrogen and oxygen atoms in total. The molecule has 0 aliphatic rings. The van der Waals surface area contributed by atoms with Gasteiger partial charge in [0.05, 0.1) is 11.1 Å². The van der Waals surface area contributed by atoms with Crippen molar-refractivity contribution in [1.29, 1.82) is 0 Å². The Labute approximate surface area is 203 Å². The fraction of sp³-hybridized carbons (Fsp3) is 0.222. The minimum Gasteiger partial charge on any atom is -0.320 e. The van der Waals surface area contributed by atoms with E-state index in [0.717, 1.165) is 23.9 Å². The van der Waals surface area contributed by atoms with Crippen LogP contribution in [0.15, 0.2) is 46.0 Å². The molecule has 0 saturated heterocycles. The average molecular weight is 612 g/mol. The molecular weight excluding hydrogens is 601 g/mol. The second-order valence-electron chi connectivity index (χ2n) is 6.95. The molecule has 1 heterocycles. The highest BCUT2D eigenvalue weighted by atomic mass is 79.9. The van der Waals surface area contributed by atoms with Crippen molar-refractivity contribution < 1.29 is 49.5 Å². The summed E-state index contributed by atoms with van der Waals surface area (Å²) in [6.07, 6.45) is -10.1. The van der Waals surface area contributed by atoms with Crippen LogP contribution in [-0.2, 0) is 28.3 Å². The smallest absolute Gasteiger partial charge is 0.320 e. The van der Waals surface area contributed by atoms with Gasteiger partial charge in [-0.2, -0.15) is 35.1 Å². The summed E-state index contributed by atoms with van der Waals surface area (Å²) in [7, 11) is -5.78. The number of aromatic nitrogens is 3. The fourth-order valence-electron chi connectivity index (χ4n) is 2.73. The Hall–Kier alpha value is -2.00. The topological polar surface area (TPSA) is 99.1 Å². The van der Waals surface area contributed by atoms with Gasteiger partial charge in [-0.3, -0.25) is 9.66 Å². The Kier molecular flexibility index (Phi) is 7.46. The zero-order chi connectivity index (χ0) is 26.4. The predicted molar refractivity (Wildman–Crippen MR) is 111 cm³/mol. The molecule has 3 aromatic rings. The van der Waals surface area contributed by atoms with Crippen LogP contribution in [0.5, 0.6) is 0 Å². The standard InChI is InChI=1S/C18H11BrF8N3O3PS/c19-13-3-8(1-2-12(13)18(26,27)34(31,32)33)7-35-15-28-14(29-30-15)9-4-10(16(20,21)22)6-11(5-9)17(23,24)25/h1-6H,7H2,(H,28,29,30)(H2,31,32,33). The maximum atomic E-state index is 13.9. The molecule has 1 aromatic heterocycles. The molecule has 3 rings (SSSR count). The van der Waals surface area contributed by atoms with E-state index in [0.29, 0.717) is 17.7 Å². The molecule has 35 heavy (non-hydrogen) atoms. The number of aromatic amines is 1. The molecule has 190 valence electrons. The highest BCUT2D eigenvalue weighted by Crippen LogP contribution is 2.60. The predicted octanol–water partition coefficient (Wildman–Crippen LogP) is 6.79. The molecule has 3 N–H and O–H groups in total. The van der Waals surface area contributed by atoms with Crippen molar-refractivity contribution in [1.82, 2.24) is 15.2 Å². The number of halogens is 9. The molecule has 17 heteroatoms. The van der Waals surface area contributed by atoms with Crippen LogP contribution in [-0.4, -0.2) is 25.0 Å². The van der Waals surface area contributed by atoms with E-state index in [4.69, 9.17) is 9.79 Å². The van der Waals surface area contributed by atoms with Crippen molar-refractivity contribution in [3.8, 4) is 11.4 Å². The van der Waals surface area contributed by atoms with E-state index >= 15 is 0 Å². The summed E-state index contributed by atoms with van der Waals surface area (Å²) in [5.74, 6) is -0.337. The minimum absolute atomic E-state index is 0.0208. The summed E-state index contributed by atoms with van der Waals surface area (Å²) >= 11 is 3.70. The highest BCUT2D eigenvalue weighted by molar-refractivity contribution is 9.10. The lowest BCUT2D eigenvalue weighted by molar-refractivity contribution is -0.143. The van der Waals surface area contributed by atoms with Crippen molar-refractivity contribution in [3.63, 3.8) is 0 Å². The van der Waals surface area contributed by atoms with Crippen molar-refractivity contribution in [2.75, 3.05) is 0 Å². The number of benzene rings is 2. The lowest BCUT2D eigenvalue weighted by atomic mass is 10.0. The van der Waals surface area contributed by atoms with Crippen molar-refractivity contribution in [2.24, 2.45) is 0 Å². The van der Waals surface area contributed by atoms with Gasteiger partial charge in [0.2, 0.25) is 5.16 Å². The van der Waals surface area contributed by atoms with Crippen molar-refractivity contribution in [3.05, 3.63) is 63.1 Å². The summed E-state index contributed by atoms with van der Waals surface area (Å²) in [6, 6.07) is 4.09. The Morgan fingerprint density at radius 3 is 2.00 bits per heavy atom. The number of hydrogen-bond donors (Lipinski definition) is 3. The van der Waals surface area contributed by atoms with Crippen LogP contribution >= 0.6 is 35.3 Å². The van der Waals surface area contributed by atoms with Crippen LogP contribution in [0.25, 0.3) is 11.4 Å². The zero-order valence-electron chi connectivity index (χ0n) is 16.6. The first-order chi connectivity index (χ1) is 15.9. The number of rotatable bonds is 6. The minimum atomic E-state index is -5.78. The van der Waals surface area contributed by atoms with E-state index < -0.39 is 47.9 Å². The first-order valence-corrected chi connectivity index (χ1v) is 12.4. The number of H-pyrrole nitrogens is 1. The second-order valence-corrected chi connectivity index (χ2v) is 10.4. The lowest BCUT2D eigenvalue weighted by Gasteiger charge is -2.19. The summed E-state index contributed by atoms with van der Waals surface area (Å²) in [5.41, 5.74) is -8.55. The van der Waals surface area contributed by atoms with E-state index in [9.17, 15) is 39.7 Å². The van der Waals surface area contributed by atoms with Crippen LogP contribution in [0.3, 0.4) is 0 Å². The molecule has 2 aromatic carbocycles. The summed E-state index contributed by atoms with van der Waals surface area (Å²) in [4.78, 5) is 21.6. The number of hydrogen-bond acceptors (Lipinski definition) is 4. The third-order valence-electron chi connectivity index (χ3n) is 4.42. The number of thioether (sulfide) groups is 1. The number of nitrogens with zero attached hydrogens (tertiary/aromatic N) is 2. The molecule has 0 amide bonds. The van der Waals surface area contributed by atoms with Crippen LogP contribution in [0, 0.1) is 0 Å². The molecule has 0 unspecified atom stereocenters. The first kappa shape index (κ1) is 27.6. The van der Waals surface area contributed by atoms with Gasteiger partial charge in [0.15, 0.2) is 5.82 Å². The molecule has 0 atom stereocenters. The third kappa shape index (κ3) is 6.23. The van der Waals surface area contributed by atoms with Gasteiger partial charge in [-0.15, -0.1) is 5.10 Å². The Morgan fingerprint density at radius 2 is 1.51 bits per heavy atom. The monoisotopic (exact) mass is 611 g/mol.